The largest absolute Gasteiger partial charge is 0.292 e. The molecule has 0 atom stereocenters. The van der Waals surface area contributed by atoms with Crippen molar-refractivity contribution < 1.29 is 4.79 Å². The molecule has 62 valence electrons. The van der Waals surface area contributed by atoms with Gasteiger partial charge in [0.25, 0.3) is 0 Å². The first-order valence-electron chi connectivity index (χ1n) is 3.37. The maximum absolute atomic E-state index is 11.3. The summed E-state index contributed by atoms with van der Waals surface area (Å²) in [4.78, 5) is 12.0. The smallest absolute Gasteiger partial charge is 0.184 e. The van der Waals surface area contributed by atoms with Crippen LogP contribution in [0.5, 0.6) is 0 Å². The van der Waals surface area contributed by atoms with Gasteiger partial charge in [-0.25, -0.2) is 0 Å². The Morgan fingerprint density at radius 1 is 1.83 bits per heavy atom. The maximum Gasteiger partial charge on any atom is 0.184 e. The predicted octanol–water partition coefficient (Wildman–Crippen LogP) is 3.03. The molecule has 0 fully saturated rings. The zero-order valence-electron chi connectivity index (χ0n) is 6.56. The Bertz CT molecular complexity index is 326. The van der Waals surface area contributed by atoms with E-state index < -0.39 is 0 Å². The molecule has 0 spiro atoms. The van der Waals surface area contributed by atoms with Crippen molar-refractivity contribution in [2.45, 2.75) is 13.3 Å². The second kappa shape index (κ2) is 3.88. The third kappa shape index (κ3) is 1.96. The van der Waals surface area contributed by atoms with Crippen molar-refractivity contribution in [3.8, 4) is 12.3 Å². The highest BCUT2D eigenvalue weighted by Crippen LogP contribution is 2.27. The summed E-state index contributed by atoms with van der Waals surface area (Å²) in [7, 11) is 0. The van der Waals surface area contributed by atoms with E-state index in [4.69, 9.17) is 6.42 Å². The zero-order valence-corrected chi connectivity index (χ0v) is 8.96. The number of halogens is 1. The van der Waals surface area contributed by atoms with Crippen LogP contribution in [0, 0.1) is 19.3 Å². The lowest BCUT2D eigenvalue weighted by Crippen LogP contribution is -1.92. The van der Waals surface area contributed by atoms with Crippen LogP contribution in [0.4, 0.5) is 0 Å². The number of carbonyl (C=O) groups excluding carboxylic acids is 1. The van der Waals surface area contributed by atoms with Gasteiger partial charge >= 0.3 is 0 Å². The SMILES string of the molecule is C#CCC(=O)c1cc(C)c(Br)s1. The van der Waals surface area contributed by atoms with Crippen LogP contribution in [-0.4, -0.2) is 5.78 Å². The minimum Gasteiger partial charge on any atom is -0.292 e. The molecule has 3 heteroatoms. The molecule has 1 heterocycles. The molecule has 0 unspecified atom stereocenters. The van der Waals surface area contributed by atoms with Crippen LogP contribution in [0.1, 0.15) is 21.7 Å². The summed E-state index contributed by atoms with van der Waals surface area (Å²) in [6.07, 6.45) is 5.22. The van der Waals surface area contributed by atoms with Gasteiger partial charge in [-0.15, -0.1) is 17.8 Å². The maximum atomic E-state index is 11.3. The highest BCUT2D eigenvalue weighted by molar-refractivity contribution is 9.11. The molecule has 0 aliphatic carbocycles. The molecule has 1 rings (SSSR count). The molecule has 1 nitrogen and oxygen atoms in total. The van der Waals surface area contributed by atoms with Crippen LogP contribution in [0.25, 0.3) is 0 Å². The zero-order chi connectivity index (χ0) is 9.14. The van der Waals surface area contributed by atoms with Crippen molar-refractivity contribution in [2.24, 2.45) is 0 Å². The van der Waals surface area contributed by atoms with Gasteiger partial charge in [0, 0.05) is 0 Å². The van der Waals surface area contributed by atoms with Gasteiger partial charge in [0.1, 0.15) is 0 Å². The van der Waals surface area contributed by atoms with Crippen molar-refractivity contribution in [2.75, 3.05) is 0 Å². The minimum absolute atomic E-state index is 0.0244. The van der Waals surface area contributed by atoms with Crippen molar-refractivity contribution in [1.82, 2.24) is 0 Å². The van der Waals surface area contributed by atoms with E-state index in [0.29, 0.717) is 0 Å². The van der Waals surface area contributed by atoms with Crippen molar-refractivity contribution >= 4 is 33.0 Å². The molecule has 0 radical (unpaired) electrons. The third-order valence-corrected chi connectivity index (χ3v) is 3.57. The average Bonchev–Trinajstić information content (AvgIpc) is 2.33. The topological polar surface area (TPSA) is 17.1 Å². The Morgan fingerprint density at radius 3 is 2.92 bits per heavy atom. The molecule has 0 N–H and O–H groups in total. The fraction of sp³-hybridized carbons (Fsp3) is 0.222. The Kier molecular flexibility index (Phi) is 3.07. The van der Waals surface area contributed by atoms with Crippen molar-refractivity contribution in [3.05, 3.63) is 20.3 Å². The van der Waals surface area contributed by atoms with Gasteiger partial charge in [-0.3, -0.25) is 4.79 Å². The number of ketones is 1. The Labute approximate surface area is 83.9 Å². The summed E-state index contributed by atoms with van der Waals surface area (Å²) in [5.41, 5.74) is 1.08. The summed E-state index contributed by atoms with van der Waals surface area (Å²) < 4.78 is 1.00. The molecule has 0 aromatic carbocycles. The number of terminal acetylenes is 1. The molecule has 0 amide bonds. The van der Waals surface area contributed by atoms with E-state index in [9.17, 15) is 4.79 Å². The Morgan fingerprint density at radius 2 is 2.50 bits per heavy atom. The van der Waals surface area contributed by atoms with Crippen molar-refractivity contribution in [1.29, 1.82) is 0 Å². The van der Waals surface area contributed by atoms with Gasteiger partial charge in [0.05, 0.1) is 15.1 Å². The molecule has 1 aromatic heterocycles. The van der Waals surface area contributed by atoms with Gasteiger partial charge in [-0.1, -0.05) is 5.92 Å². The first kappa shape index (κ1) is 9.50. The molecule has 0 bridgehead atoms. The van der Waals surface area contributed by atoms with E-state index in [1.807, 2.05) is 13.0 Å². The first-order valence-corrected chi connectivity index (χ1v) is 4.98. The second-order valence-electron chi connectivity index (χ2n) is 2.37. The van der Waals surface area contributed by atoms with Crippen LogP contribution < -0.4 is 0 Å². The number of thiophene rings is 1. The van der Waals surface area contributed by atoms with Crippen LogP contribution in [0.2, 0.25) is 0 Å². The molecule has 0 saturated heterocycles. The predicted molar refractivity (Wildman–Crippen MR) is 54.5 cm³/mol. The average molecular weight is 243 g/mol. The number of hydrogen-bond acceptors (Lipinski definition) is 2. The van der Waals surface area contributed by atoms with Crippen LogP contribution in [-0.2, 0) is 0 Å². The highest BCUT2D eigenvalue weighted by atomic mass is 79.9. The summed E-state index contributed by atoms with van der Waals surface area (Å²) in [5.74, 6) is 2.36. The number of Topliss-reactive ketones (excluding diaryl/α,β-unsaturated/α-hetero) is 1. The van der Waals surface area contributed by atoms with Crippen LogP contribution >= 0.6 is 27.3 Å². The van der Waals surface area contributed by atoms with E-state index in [1.54, 1.807) is 0 Å². The minimum atomic E-state index is 0.0244. The quantitative estimate of drug-likeness (QED) is 0.576. The lowest BCUT2D eigenvalue weighted by Gasteiger charge is -1.86. The fourth-order valence-electron chi connectivity index (χ4n) is 0.777. The van der Waals surface area contributed by atoms with Gasteiger partial charge < -0.3 is 0 Å². The summed E-state index contributed by atoms with van der Waals surface area (Å²) >= 11 is 4.78. The molecular formula is C9H7BrOS. The Hall–Kier alpha value is -0.590. The Balaban J connectivity index is 2.91. The van der Waals surface area contributed by atoms with E-state index >= 15 is 0 Å². The normalized spacial score (nSPS) is 9.42. The van der Waals surface area contributed by atoms with Crippen LogP contribution in [0.3, 0.4) is 0 Å². The highest BCUT2D eigenvalue weighted by Gasteiger charge is 2.09. The molecule has 12 heavy (non-hydrogen) atoms. The standard InChI is InChI=1S/C9H7BrOS/c1-3-4-7(11)8-5-6(2)9(10)12-8/h1,5H,4H2,2H3. The van der Waals surface area contributed by atoms with Gasteiger partial charge in [-0.2, -0.15) is 0 Å². The van der Waals surface area contributed by atoms with E-state index in [0.717, 1.165) is 14.2 Å². The second-order valence-corrected chi connectivity index (χ2v) is 4.74. The van der Waals surface area contributed by atoms with E-state index in [2.05, 4.69) is 21.9 Å². The third-order valence-electron chi connectivity index (χ3n) is 1.39. The van der Waals surface area contributed by atoms with Gasteiger partial charge in [0.15, 0.2) is 5.78 Å². The monoisotopic (exact) mass is 242 g/mol. The van der Waals surface area contributed by atoms with Gasteiger partial charge in [-0.05, 0) is 34.5 Å². The number of aryl methyl sites for hydroxylation is 1. The number of rotatable bonds is 2. The first-order chi connectivity index (χ1) is 5.65. The molecule has 0 saturated carbocycles. The molecular weight excluding hydrogens is 236 g/mol. The number of carbonyl (C=O) groups is 1. The summed E-state index contributed by atoms with van der Waals surface area (Å²) in [6, 6.07) is 1.86. The molecule has 0 aliphatic heterocycles. The lowest BCUT2D eigenvalue weighted by molar-refractivity contribution is 0.100. The number of hydrogen-bond donors (Lipinski definition) is 0. The summed E-state index contributed by atoms with van der Waals surface area (Å²) in [6.45, 7) is 1.95. The summed E-state index contributed by atoms with van der Waals surface area (Å²) in [5, 5.41) is 0. The molecule has 0 aliphatic rings. The van der Waals surface area contributed by atoms with Crippen LogP contribution in [0.15, 0.2) is 9.85 Å². The van der Waals surface area contributed by atoms with E-state index in [1.165, 1.54) is 11.3 Å². The molecule has 1 aromatic rings. The van der Waals surface area contributed by atoms with Gasteiger partial charge in [0.2, 0.25) is 0 Å². The fourth-order valence-corrected chi connectivity index (χ4v) is 2.25. The van der Waals surface area contributed by atoms with E-state index in [-0.39, 0.29) is 12.2 Å². The van der Waals surface area contributed by atoms with Crippen molar-refractivity contribution in [3.63, 3.8) is 0 Å². The lowest BCUT2D eigenvalue weighted by atomic mass is 10.2.